The lowest BCUT2D eigenvalue weighted by Crippen LogP contribution is -2.31. The highest BCUT2D eigenvalue weighted by Crippen LogP contribution is 2.35. The summed E-state index contributed by atoms with van der Waals surface area (Å²) in [5, 5.41) is 10.1. The van der Waals surface area contributed by atoms with Gasteiger partial charge in [-0.15, -0.1) is 0 Å². The number of aromatic nitrogens is 4. The second-order valence-corrected chi connectivity index (χ2v) is 9.46. The maximum Gasteiger partial charge on any atom is 0.224 e. The Balaban J connectivity index is 1.45. The molecule has 5 rings (SSSR count). The molecular formula is C25H34FN7O. The first-order chi connectivity index (χ1) is 16.6. The summed E-state index contributed by atoms with van der Waals surface area (Å²) < 4.78 is 22.1. The van der Waals surface area contributed by atoms with Crippen molar-refractivity contribution in [2.45, 2.75) is 75.6 Å². The molecule has 2 aliphatic carbocycles. The molecule has 0 amide bonds. The quantitative estimate of drug-likeness (QED) is 0.461. The van der Waals surface area contributed by atoms with Gasteiger partial charge in [0.1, 0.15) is 11.3 Å². The van der Waals surface area contributed by atoms with E-state index in [1.54, 1.807) is 25.4 Å². The third-order valence-corrected chi connectivity index (χ3v) is 7.36. The van der Waals surface area contributed by atoms with Gasteiger partial charge in [0.25, 0.3) is 0 Å². The summed E-state index contributed by atoms with van der Waals surface area (Å²) in [7, 11) is 3.81. The number of imidazole rings is 1. The largest absolute Gasteiger partial charge is 0.381 e. The van der Waals surface area contributed by atoms with Gasteiger partial charge in [-0.3, -0.25) is 4.57 Å². The van der Waals surface area contributed by atoms with Crippen LogP contribution in [0.15, 0.2) is 30.5 Å². The van der Waals surface area contributed by atoms with E-state index < -0.39 is 0 Å². The number of hydrogen-bond acceptors (Lipinski definition) is 7. The molecule has 2 fully saturated rings. The van der Waals surface area contributed by atoms with E-state index >= 15 is 0 Å². The van der Waals surface area contributed by atoms with Gasteiger partial charge in [-0.2, -0.15) is 4.98 Å². The van der Waals surface area contributed by atoms with Crippen molar-refractivity contribution in [1.29, 1.82) is 0 Å². The standard InChI is InChI=1S/C25H34FN7O/c1-27-16-7-11-18(12-8-16)33-23-22(31-25(33)30-21-6-4-3-5-20(21)26)15-28-24(32-23)29-17-9-13-19(34-2)14-10-17/h3-6,15-19,27H,7-14H2,1-2H3,(H,30,31)(H,28,29,32)/t16-,17?,18-,19?. The topological polar surface area (TPSA) is 88.9 Å². The van der Waals surface area contributed by atoms with Gasteiger partial charge in [-0.1, -0.05) is 12.1 Å². The number of halogens is 1. The Labute approximate surface area is 199 Å². The van der Waals surface area contributed by atoms with Crippen LogP contribution in [0.1, 0.15) is 57.4 Å². The monoisotopic (exact) mass is 467 g/mol. The maximum absolute atomic E-state index is 14.4. The predicted molar refractivity (Wildman–Crippen MR) is 132 cm³/mol. The van der Waals surface area contributed by atoms with Gasteiger partial charge in [-0.25, -0.2) is 14.4 Å². The van der Waals surface area contributed by atoms with Crippen LogP contribution in [0.5, 0.6) is 0 Å². The minimum atomic E-state index is -0.305. The second kappa shape index (κ2) is 10.2. The van der Waals surface area contributed by atoms with E-state index in [1.165, 1.54) is 6.07 Å². The van der Waals surface area contributed by atoms with Crippen molar-refractivity contribution in [3.63, 3.8) is 0 Å². The Morgan fingerprint density at radius 2 is 1.71 bits per heavy atom. The molecule has 2 aromatic heterocycles. The molecule has 0 radical (unpaired) electrons. The first-order valence-corrected chi connectivity index (χ1v) is 12.4. The van der Waals surface area contributed by atoms with Gasteiger partial charge in [0.15, 0.2) is 5.65 Å². The highest BCUT2D eigenvalue weighted by Gasteiger charge is 2.27. The van der Waals surface area contributed by atoms with E-state index in [0.717, 1.165) is 57.0 Å². The number of ether oxygens (including phenoxy) is 1. The van der Waals surface area contributed by atoms with Crippen molar-refractivity contribution >= 4 is 28.7 Å². The Kier molecular flexibility index (Phi) is 6.92. The Bertz CT molecular complexity index is 1100. The normalized spacial score (nSPS) is 25.4. The van der Waals surface area contributed by atoms with Crippen molar-refractivity contribution in [3.8, 4) is 0 Å². The van der Waals surface area contributed by atoms with Gasteiger partial charge in [0.05, 0.1) is 18.0 Å². The van der Waals surface area contributed by atoms with Crippen LogP contribution in [0.3, 0.4) is 0 Å². The molecule has 0 atom stereocenters. The molecule has 8 nitrogen and oxygen atoms in total. The fraction of sp³-hybridized carbons (Fsp3) is 0.560. The molecule has 1 aromatic carbocycles. The van der Waals surface area contributed by atoms with Crippen LogP contribution in [0.2, 0.25) is 0 Å². The Morgan fingerprint density at radius 1 is 0.971 bits per heavy atom. The molecule has 0 saturated heterocycles. The molecular weight excluding hydrogens is 433 g/mol. The summed E-state index contributed by atoms with van der Waals surface area (Å²) in [6.45, 7) is 0. The van der Waals surface area contributed by atoms with Crippen LogP contribution in [0.25, 0.3) is 11.2 Å². The second-order valence-electron chi connectivity index (χ2n) is 9.46. The van der Waals surface area contributed by atoms with Crippen molar-refractivity contribution < 1.29 is 9.13 Å². The van der Waals surface area contributed by atoms with Crippen LogP contribution < -0.4 is 16.0 Å². The lowest BCUT2D eigenvalue weighted by Gasteiger charge is -2.30. The van der Waals surface area contributed by atoms with Crippen molar-refractivity contribution in [2.24, 2.45) is 0 Å². The summed E-state index contributed by atoms with van der Waals surface area (Å²) in [4.78, 5) is 14.2. The lowest BCUT2D eigenvalue weighted by molar-refractivity contribution is 0.0681. The number of nitrogens with one attached hydrogen (secondary N) is 3. The van der Waals surface area contributed by atoms with E-state index in [4.69, 9.17) is 14.7 Å². The van der Waals surface area contributed by atoms with E-state index in [2.05, 4.69) is 25.5 Å². The summed E-state index contributed by atoms with van der Waals surface area (Å²) in [6, 6.07) is 7.79. The Morgan fingerprint density at radius 3 is 2.41 bits per heavy atom. The number of rotatable bonds is 7. The van der Waals surface area contributed by atoms with E-state index in [9.17, 15) is 4.39 Å². The number of fused-ring (bicyclic) bond motifs is 1. The molecule has 2 heterocycles. The fourth-order valence-corrected chi connectivity index (χ4v) is 5.33. The van der Waals surface area contributed by atoms with Gasteiger partial charge >= 0.3 is 0 Å². The number of anilines is 3. The summed E-state index contributed by atoms with van der Waals surface area (Å²) in [6.07, 6.45) is 10.5. The zero-order valence-electron chi connectivity index (χ0n) is 19.9. The third kappa shape index (κ3) is 4.86. The van der Waals surface area contributed by atoms with Crippen LogP contribution >= 0.6 is 0 Å². The molecule has 9 heteroatoms. The van der Waals surface area contributed by atoms with Crippen LogP contribution in [-0.4, -0.2) is 51.9 Å². The molecule has 3 aromatic rings. The number of methoxy groups -OCH3 is 1. The van der Waals surface area contributed by atoms with Crippen LogP contribution in [-0.2, 0) is 4.74 Å². The molecule has 0 unspecified atom stereocenters. The minimum absolute atomic E-state index is 0.240. The van der Waals surface area contributed by atoms with E-state index in [1.807, 2.05) is 13.1 Å². The average molecular weight is 468 g/mol. The van der Waals surface area contributed by atoms with E-state index in [0.29, 0.717) is 41.3 Å². The number of nitrogens with zero attached hydrogens (tertiary/aromatic N) is 4. The van der Waals surface area contributed by atoms with Gasteiger partial charge in [0.2, 0.25) is 11.9 Å². The smallest absolute Gasteiger partial charge is 0.224 e. The highest BCUT2D eigenvalue weighted by molar-refractivity contribution is 5.76. The maximum atomic E-state index is 14.4. The molecule has 0 spiro atoms. The van der Waals surface area contributed by atoms with Crippen molar-refractivity contribution in [2.75, 3.05) is 24.8 Å². The fourth-order valence-electron chi connectivity index (χ4n) is 5.33. The SMILES string of the molecule is CN[C@H]1CC[C@H](n2c(Nc3ccccc3F)nc3cnc(NC4CCC(OC)CC4)nc32)CC1. The van der Waals surface area contributed by atoms with Gasteiger partial charge in [0, 0.05) is 25.2 Å². The highest BCUT2D eigenvalue weighted by atomic mass is 19.1. The van der Waals surface area contributed by atoms with Crippen LogP contribution in [0.4, 0.5) is 22.0 Å². The molecule has 2 aliphatic rings. The first kappa shape index (κ1) is 23.0. The molecule has 2 saturated carbocycles. The zero-order valence-corrected chi connectivity index (χ0v) is 19.9. The summed E-state index contributed by atoms with van der Waals surface area (Å²) in [5.74, 6) is 0.927. The molecule has 0 bridgehead atoms. The van der Waals surface area contributed by atoms with Crippen molar-refractivity contribution in [1.82, 2.24) is 24.8 Å². The lowest BCUT2D eigenvalue weighted by atomic mass is 9.91. The number of benzene rings is 1. The molecule has 0 aliphatic heterocycles. The third-order valence-electron chi connectivity index (χ3n) is 7.36. The van der Waals surface area contributed by atoms with E-state index in [-0.39, 0.29) is 11.9 Å². The molecule has 182 valence electrons. The average Bonchev–Trinajstić information content (AvgIpc) is 3.23. The summed E-state index contributed by atoms with van der Waals surface area (Å²) >= 11 is 0. The van der Waals surface area contributed by atoms with Gasteiger partial charge in [-0.05, 0) is 70.5 Å². The van der Waals surface area contributed by atoms with Gasteiger partial charge < -0.3 is 20.7 Å². The first-order valence-electron chi connectivity index (χ1n) is 12.4. The molecule has 3 N–H and O–H groups in total. The molecule has 34 heavy (non-hydrogen) atoms. The zero-order chi connectivity index (χ0) is 23.5. The number of hydrogen-bond donors (Lipinski definition) is 3. The summed E-state index contributed by atoms with van der Waals surface area (Å²) in [5.41, 5.74) is 1.90. The predicted octanol–water partition coefficient (Wildman–Crippen LogP) is 4.78. The Hall–Kier alpha value is -2.78. The van der Waals surface area contributed by atoms with Crippen molar-refractivity contribution in [3.05, 3.63) is 36.3 Å². The minimum Gasteiger partial charge on any atom is -0.381 e. The number of para-hydroxylation sites is 1. The van der Waals surface area contributed by atoms with Crippen LogP contribution in [0, 0.1) is 5.82 Å².